The molecule has 0 unspecified atom stereocenters. The van der Waals surface area contributed by atoms with Crippen molar-refractivity contribution in [3.8, 4) is 11.8 Å². The first-order chi connectivity index (χ1) is 11.2. The Labute approximate surface area is 138 Å². The van der Waals surface area contributed by atoms with Gasteiger partial charge in [0.15, 0.2) is 0 Å². The maximum Gasteiger partial charge on any atom is 0.324 e. The molecule has 116 valence electrons. The van der Waals surface area contributed by atoms with Crippen LogP contribution in [0.1, 0.15) is 10.4 Å². The van der Waals surface area contributed by atoms with Gasteiger partial charge in [-0.1, -0.05) is 24.0 Å². The van der Waals surface area contributed by atoms with Crippen molar-refractivity contribution in [3.05, 3.63) is 52.2 Å². The first kappa shape index (κ1) is 15.1. The van der Waals surface area contributed by atoms with E-state index in [0.29, 0.717) is 13.1 Å². The van der Waals surface area contributed by atoms with E-state index in [4.69, 9.17) is 0 Å². The van der Waals surface area contributed by atoms with E-state index < -0.39 is 0 Å². The zero-order chi connectivity index (χ0) is 16.1. The molecule has 23 heavy (non-hydrogen) atoms. The predicted molar refractivity (Wildman–Crippen MR) is 90.3 cm³/mol. The summed E-state index contributed by atoms with van der Waals surface area (Å²) in [5.74, 6) is 6.05. The molecule has 1 aromatic carbocycles. The van der Waals surface area contributed by atoms with Gasteiger partial charge < -0.3 is 10.6 Å². The lowest BCUT2D eigenvalue weighted by atomic mass is 10.2. The van der Waals surface area contributed by atoms with Crippen molar-refractivity contribution in [2.75, 3.05) is 25.0 Å². The minimum absolute atomic E-state index is 0.0899. The smallest absolute Gasteiger partial charge is 0.324 e. The van der Waals surface area contributed by atoms with Crippen LogP contribution in [0.3, 0.4) is 0 Å². The Kier molecular flexibility index (Phi) is 4.60. The molecule has 3 rings (SSSR count). The summed E-state index contributed by atoms with van der Waals surface area (Å²) in [5, 5.41) is 7.70. The van der Waals surface area contributed by atoms with E-state index in [1.165, 1.54) is 4.90 Å². The van der Waals surface area contributed by atoms with Crippen LogP contribution in [-0.2, 0) is 4.79 Å². The Morgan fingerprint density at radius 2 is 2.13 bits per heavy atom. The van der Waals surface area contributed by atoms with Crippen molar-refractivity contribution in [3.63, 3.8) is 0 Å². The lowest BCUT2D eigenvalue weighted by Gasteiger charge is -2.13. The molecule has 0 atom stereocenters. The molecular formula is C17H15N3O2S. The fraction of sp³-hybridized carbons (Fsp3) is 0.176. The SMILES string of the molecule is O=C1CNC(=O)N1CCNc1cccc(C#Cc2cccs2)c1. The molecule has 1 aliphatic heterocycles. The molecule has 3 amide bonds. The molecule has 0 radical (unpaired) electrons. The second kappa shape index (κ2) is 6.99. The van der Waals surface area contributed by atoms with Crippen LogP contribution < -0.4 is 10.6 Å². The summed E-state index contributed by atoms with van der Waals surface area (Å²) in [4.78, 5) is 25.1. The highest BCUT2D eigenvalue weighted by molar-refractivity contribution is 7.10. The molecule has 0 saturated carbocycles. The van der Waals surface area contributed by atoms with E-state index in [1.807, 2.05) is 41.8 Å². The van der Waals surface area contributed by atoms with Crippen molar-refractivity contribution < 1.29 is 9.59 Å². The van der Waals surface area contributed by atoms with Crippen molar-refractivity contribution in [1.29, 1.82) is 0 Å². The lowest BCUT2D eigenvalue weighted by Crippen LogP contribution is -2.35. The number of hydrogen-bond acceptors (Lipinski definition) is 4. The van der Waals surface area contributed by atoms with Gasteiger partial charge in [0.1, 0.15) is 0 Å². The number of nitrogens with zero attached hydrogens (tertiary/aromatic N) is 1. The molecule has 0 aliphatic carbocycles. The van der Waals surface area contributed by atoms with Gasteiger partial charge in [-0.05, 0) is 29.6 Å². The minimum Gasteiger partial charge on any atom is -0.383 e. The highest BCUT2D eigenvalue weighted by Crippen LogP contribution is 2.11. The van der Waals surface area contributed by atoms with Gasteiger partial charge in [-0.25, -0.2) is 4.79 Å². The van der Waals surface area contributed by atoms with Crippen LogP contribution >= 0.6 is 11.3 Å². The van der Waals surface area contributed by atoms with E-state index in [0.717, 1.165) is 16.1 Å². The standard InChI is InChI=1S/C17H15N3O2S/c21-16-12-19-17(22)20(16)9-8-18-14-4-1-3-13(11-14)6-7-15-5-2-10-23-15/h1-5,10-11,18H,8-9,12H2,(H,19,22). The molecule has 5 nitrogen and oxygen atoms in total. The summed E-state index contributed by atoms with van der Waals surface area (Å²) in [6.07, 6.45) is 0. The number of thiophene rings is 1. The van der Waals surface area contributed by atoms with Gasteiger partial charge in [-0.3, -0.25) is 9.69 Å². The number of urea groups is 1. The predicted octanol–water partition coefficient (Wildman–Crippen LogP) is 2.11. The number of nitrogens with one attached hydrogen (secondary N) is 2. The Morgan fingerprint density at radius 1 is 1.22 bits per heavy atom. The Hall–Kier alpha value is -2.78. The maximum atomic E-state index is 11.5. The van der Waals surface area contributed by atoms with Gasteiger partial charge >= 0.3 is 6.03 Å². The van der Waals surface area contributed by atoms with Crippen LogP contribution in [0.25, 0.3) is 0 Å². The van der Waals surface area contributed by atoms with E-state index >= 15 is 0 Å². The average molecular weight is 325 g/mol. The van der Waals surface area contributed by atoms with Crippen LogP contribution in [0, 0.1) is 11.8 Å². The zero-order valence-electron chi connectivity index (χ0n) is 12.3. The molecule has 2 heterocycles. The summed E-state index contributed by atoms with van der Waals surface area (Å²) in [6, 6.07) is 11.4. The third-order valence-electron chi connectivity index (χ3n) is 3.32. The van der Waals surface area contributed by atoms with Gasteiger partial charge in [0.2, 0.25) is 5.91 Å². The van der Waals surface area contributed by atoms with Crippen LogP contribution in [0.4, 0.5) is 10.5 Å². The summed E-state index contributed by atoms with van der Waals surface area (Å²) < 4.78 is 0. The van der Waals surface area contributed by atoms with Crippen LogP contribution in [-0.4, -0.2) is 36.5 Å². The highest BCUT2D eigenvalue weighted by atomic mass is 32.1. The Bertz CT molecular complexity index is 759. The normalized spacial score (nSPS) is 13.5. The quantitative estimate of drug-likeness (QED) is 0.668. The van der Waals surface area contributed by atoms with Crippen molar-refractivity contribution in [2.24, 2.45) is 0 Å². The number of rotatable bonds is 4. The van der Waals surface area contributed by atoms with E-state index in [9.17, 15) is 9.59 Å². The van der Waals surface area contributed by atoms with Crippen molar-refractivity contribution in [2.45, 2.75) is 0 Å². The monoisotopic (exact) mass is 325 g/mol. The van der Waals surface area contributed by atoms with Crippen LogP contribution in [0.5, 0.6) is 0 Å². The van der Waals surface area contributed by atoms with Gasteiger partial charge in [-0.15, -0.1) is 11.3 Å². The van der Waals surface area contributed by atoms with Crippen molar-refractivity contribution >= 4 is 29.0 Å². The third-order valence-corrected chi connectivity index (χ3v) is 4.10. The molecule has 6 heteroatoms. The van der Waals surface area contributed by atoms with E-state index in [2.05, 4.69) is 22.5 Å². The number of carbonyl (C=O) groups is 2. The Morgan fingerprint density at radius 3 is 2.87 bits per heavy atom. The lowest BCUT2D eigenvalue weighted by molar-refractivity contribution is -0.124. The average Bonchev–Trinajstić information content (AvgIpc) is 3.18. The molecule has 1 aliphatic rings. The molecule has 0 bridgehead atoms. The second-order valence-corrected chi connectivity index (χ2v) is 5.89. The van der Waals surface area contributed by atoms with Gasteiger partial charge in [0.05, 0.1) is 11.4 Å². The first-order valence-electron chi connectivity index (χ1n) is 7.20. The molecule has 2 N–H and O–H groups in total. The van der Waals surface area contributed by atoms with Gasteiger partial charge in [0.25, 0.3) is 0 Å². The first-order valence-corrected chi connectivity index (χ1v) is 8.08. The molecule has 1 fully saturated rings. The number of anilines is 1. The molecule has 1 aromatic heterocycles. The number of imide groups is 1. The minimum atomic E-state index is -0.327. The highest BCUT2D eigenvalue weighted by Gasteiger charge is 2.27. The fourth-order valence-corrected chi connectivity index (χ4v) is 2.75. The number of carbonyl (C=O) groups excluding carboxylic acids is 2. The summed E-state index contributed by atoms with van der Waals surface area (Å²) in [7, 11) is 0. The second-order valence-electron chi connectivity index (χ2n) is 4.94. The number of hydrogen-bond donors (Lipinski definition) is 2. The largest absolute Gasteiger partial charge is 0.383 e. The molecule has 2 aromatic rings. The number of benzene rings is 1. The van der Waals surface area contributed by atoms with Gasteiger partial charge in [-0.2, -0.15) is 0 Å². The zero-order valence-corrected chi connectivity index (χ0v) is 13.2. The van der Waals surface area contributed by atoms with Crippen LogP contribution in [0.15, 0.2) is 41.8 Å². The summed E-state index contributed by atoms with van der Waals surface area (Å²) in [6.45, 7) is 0.934. The topological polar surface area (TPSA) is 61.4 Å². The molecular weight excluding hydrogens is 310 g/mol. The fourth-order valence-electron chi connectivity index (χ4n) is 2.18. The Balaban J connectivity index is 1.57. The van der Waals surface area contributed by atoms with E-state index in [-0.39, 0.29) is 18.5 Å². The van der Waals surface area contributed by atoms with Gasteiger partial charge in [0, 0.05) is 24.3 Å². The van der Waals surface area contributed by atoms with Crippen molar-refractivity contribution in [1.82, 2.24) is 10.2 Å². The summed E-state index contributed by atoms with van der Waals surface area (Å²) >= 11 is 1.61. The van der Waals surface area contributed by atoms with Crippen LogP contribution in [0.2, 0.25) is 0 Å². The third kappa shape index (κ3) is 3.90. The summed E-state index contributed by atoms with van der Waals surface area (Å²) in [5.41, 5.74) is 1.83. The number of amides is 3. The molecule has 1 saturated heterocycles. The van der Waals surface area contributed by atoms with E-state index in [1.54, 1.807) is 11.3 Å². The molecule has 0 spiro atoms. The maximum absolute atomic E-state index is 11.5.